The van der Waals surface area contributed by atoms with Gasteiger partial charge in [-0.1, -0.05) is 24.3 Å². The smallest absolute Gasteiger partial charge is 0.160 e. The number of hydrogen-bond acceptors (Lipinski definition) is 4. The van der Waals surface area contributed by atoms with Crippen LogP contribution < -0.4 is 19.5 Å². The molecule has 0 fully saturated rings. The van der Waals surface area contributed by atoms with Gasteiger partial charge >= 0.3 is 0 Å². The highest BCUT2D eigenvalue weighted by Gasteiger charge is 2.10. The van der Waals surface area contributed by atoms with E-state index in [4.69, 9.17) is 14.2 Å². The first-order valence-corrected chi connectivity index (χ1v) is 8.94. The number of aryl methyl sites for hydroxylation is 2. The second-order valence-corrected chi connectivity index (χ2v) is 6.44. The third kappa shape index (κ3) is 5.64. The van der Waals surface area contributed by atoms with Crippen LogP contribution in [0.3, 0.4) is 0 Å². The maximum Gasteiger partial charge on any atom is 0.160 e. The van der Waals surface area contributed by atoms with Gasteiger partial charge < -0.3 is 24.6 Å². The van der Waals surface area contributed by atoms with Crippen molar-refractivity contribution in [3.05, 3.63) is 53.1 Å². The highest BCUT2D eigenvalue weighted by molar-refractivity contribution is 5.43. The van der Waals surface area contributed by atoms with Crippen molar-refractivity contribution >= 4 is 0 Å². The Labute approximate surface area is 155 Å². The highest BCUT2D eigenvalue weighted by Crippen LogP contribution is 2.27. The van der Waals surface area contributed by atoms with Gasteiger partial charge in [-0.25, -0.2) is 0 Å². The Morgan fingerprint density at radius 3 is 2.35 bits per heavy atom. The topological polar surface area (TPSA) is 64.5 Å². The number of nitrogens with two attached hydrogens (primary N) is 1. The van der Waals surface area contributed by atoms with Crippen molar-refractivity contribution in [2.24, 2.45) is 0 Å². The lowest BCUT2D eigenvalue weighted by molar-refractivity contribution is -0.660. The Hall–Kier alpha value is -2.24. The molecule has 0 bridgehead atoms. The average Bonchev–Trinajstić information content (AvgIpc) is 2.64. The van der Waals surface area contributed by atoms with Gasteiger partial charge in [-0.05, 0) is 42.7 Å². The molecule has 0 spiro atoms. The Bertz CT molecular complexity index is 682. The molecule has 3 N–H and O–H groups in total. The van der Waals surface area contributed by atoms with Crippen molar-refractivity contribution in [3.63, 3.8) is 0 Å². The van der Waals surface area contributed by atoms with E-state index in [1.54, 1.807) is 14.2 Å². The first kappa shape index (κ1) is 20.1. The van der Waals surface area contributed by atoms with E-state index in [1.165, 1.54) is 5.56 Å². The molecular formula is C21H30NO4+. The molecule has 1 atom stereocenters. The van der Waals surface area contributed by atoms with Gasteiger partial charge in [0.05, 0.1) is 20.8 Å². The lowest BCUT2D eigenvalue weighted by atomic mass is 10.1. The largest absolute Gasteiger partial charge is 0.493 e. The molecule has 2 aromatic rings. The number of quaternary nitrogens is 1. The molecule has 0 amide bonds. The summed E-state index contributed by atoms with van der Waals surface area (Å²) in [6.07, 6.45) is 0.393. The normalized spacial score (nSPS) is 11.9. The second kappa shape index (κ2) is 10.0. The number of benzene rings is 2. The maximum absolute atomic E-state index is 10.1. The third-order valence-electron chi connectivity index (χ3n) is 4.35. The molecule has 142 valence electrons. The molecule has 0 saturated heterocycles. The summed E-state index contributed by atoms with van der Waals surface area (Å²) in [5, 5.41) is 12.3. The van der Waals surface area contributed by atoms with Crippen LogP contribution in [0.4, 0.5) is 0 Å². The predicted octanol–water partition coefficient (Wildman–Crippen LogP) is 1.87. The van der Waals surface area contributed by atoms with Crippen molar-refractivity contribution in [2.45, 2.75) is 26.4 Å². The summed E-state index contributed by atoms with van der Waals surface area (Å²) >= 11 is 0. The van der Waals surface area contributed by atoms with Crippen LogP contribution in [0.1, 0.15) is 16.7 Å². The Kier molecular flexibility index (Phi) is 7.75. The summed E-state index contributed by atoms with van der Waals surface area (Å²) in [6.45, 7) is 5.83. The Morgan fingerprint density at radius 1 is 1.00 bits per heavy atom. The molecule has 0 saturated carbocycles. The minimum atomic E-state index is -0.501. The van der Waals surface area contributed by atoms with Crippen LogP contribution >= 0.6 is 0 Å². The number of aliphatic hydroxyl groups excluding tert-OH is 1. The monoisotopic (exact) mass is 360 g/mol. The van der Waals surface area contributed by atoms with E-state index in [9.17, 15) is 5.11 Å². The molecule has 0 radical (unpaired) electrons. The molecule has 0 heterocycles. The number of aliphatic hydroxyl groups is 1. The van der Waals surface area contributed by atoms with Crippen LogP contribution in [0, 0.1) is 13.8 Å². The molecule has 0 aliphatic heterocycles. The van der Waals surface area contributed by atoms with E-state index >= 15 is 0 Å². The summed E-state index contributed by atoms with van der Waals surface area (Å²) < 4.78 is 16.4. The average molecular weight is 360 g/mol. The summed E-state index contributed by atoms with van der Waals surface area (Å²) in [4.78, 5) is 0. The summed E-state index contributed by atoms with van der Waals surface area (Å²) in [5.41, 5.74) is 3.37. The number of ether oxygens (including phenoxy) is 3. The van der Waals surface area contributed by atoms with Crippen LogP contribution in [-0.2, 0) is 6.42 Å². The minimum Gasteiger partial charge on any atom is -0.493 e. The van der Waals surface area contributed by atoms with Gasteiger partial charge in [-0.15, -0.1) is 0 Å². The van der Waals surface area contributed by atoms with E-state index < -0.39 is 6.10 Å². The van der Waals surface area contributed by atoms with Crippen molar-refractivity contribution in [3.8, 4) is 17.2 Å². The van der Waals surface area contributed by atoms with Gasteiger partial charge in [-0.3, -0.25) is 0 Å². The van der Waals surface area contributed by atoms with Crippen LogP contribution in [0.15, 0.2) is 36.4 Å². The molecule has 0 unspecified atom stereocenters. The third-order valence-corrected chi connectivity index (χ3v) is 4.35. The number of para-hydroxylation sites is 1. The van der Waals surface area contributed by atoms with Crippen LogP contribution in [0.5, 0.6) is 17.2 Å². The van der Waals surface area contributed by atoms with Crippen molar-refractivity contribution in [1.82, 2.24) is 0 Å². The molecule has 2 aromatic carbocycles. The zero-order valence-electron chi connectivity index (χ0n) is 16.1. The number of hydrogen-bond donors (Lipinski definition) is 2. The number of methoxy groups -OCH3 is 2. The maximum atomic E-state index is 10.1. The fourth-order valence-electron chi connectivity index (χ4n) is 2.89. The first-order chi connectivity index (χ1) is 12.5. The van der Waals surface area contributed by atoms with Gasteiger partial charge in [0.1, 0.15) is 25.0 Å². The molecule has 0 aliphatic rings. The Balaban J connectivity index is 1.72. The van der Waals surface area contributed by atoms with Crippen LogP contribution in [0.2, 0.25) is 0 Å². The van der Waals surface area contributed by atoms with Crippen LogP contribution in [0.25, 0.3) is 0 Å². The molecule has 26 heavy (non-hydrogen) atoms. The molecule has 5 nitrogen and oxygen atoms in total. The van der Waals surface area contributed by atoms with E-state index in [-0.39, 0.29) is 0 Å². The lowest BCUT2D eigenvalue weighted by Gasteiger charge is -2.15. The first-order valence-electron chi connectivity index (χ1n) is 8.94. The van der Waals surface area contributed by atoms with Gasteiger partial charge in [-0.2, -0.15) is 0 Å². The fraction of sp³-hybridized carbons (Fsp3) is 0.429. The SMILES string of the molecule is COc1ccc(CC[NH2+]C[C@@H](O)COc2c(C)cccc2C)cc1OC. The van der Waals surface area contributed by atoms with E-state index in [0.717, 1.165) is 41.3 Å². The Morgan fingerprint density at radius 2 is 1.69 bits per heavy atom. The van der Waals surface area contributed by atoms with Crippen molar-refractivity contribution < 1.29 is 24.6 Å². The van der Waals surface area contributed by atoms with Gasteiger partial charge in [0, 0.05) is 6.42 Å². The van der Waals surface area contributed by atoms with Crippen molar-refractivity contribution in [2.75, 3.05) is 33.9 Å². The standard InChI is InChI=1S/C21H29NO4/c1-15-6-5-7-16(2)21(15)26-14-18(23)13-22-11-10-17-8-9-19(24-3)20(12-17)25-4/h5-9,12,18,22-23H,10-11,13-14H2,1-4H3/p+1/t18-/m1/s1. The second-order valence-electron chi connectivity index (χ2n) is 6.44. The van der Waals surface area contributed by atoms with Crippen LogP contribution in [-0.4, -0.2) is 45.1 Å². The highest BCUT2D eigenvalue weighted by atomic mass is 16.5. The fourth-order valence-corrected chi connectivity index (χ4v) is 2.89. The summed E-state index contributed by atoms with van der Waals surface area (Å²) in [5.74, 6) is 2.35. The summed E-state index contributed by atoms with van der Waals surface area (Å²) in [6, 6.07) is 12.0. The molecule has 5 heteroatoms. The molecule has 0 aliphatic carbocycles. The van der Waals surface area contributed by atoms with Gasteiger partial charge in [0.15, 0.2) is 11.5 Å². The van der Waals surface area contributed by atoms with E-state index in [1.807, 2.05) is 50.2 Å². The quantitative estimate of drug-likeness (QED) is 0.635. The molecule has 0 aromatic heterocycles. The number of rotatable bonds is 10. The molecule has 2 rings (SSSR count). The summed E-state index contributed by atoms with van der Waals surface area (Å²) in [7, 11) is 3.27. The predicted molar refractivity (Wildman–Crippen MR) is 102 cm³/mol. The van der Waals surface area contributed by atoms with Gasteiger partial charge in [0.2, 0.25) is 0 Å². The van der Waals surface area contributed by atoms with Crippen molar-refractivity contribution in [1.29, 1.82) is 0 Å². The minimum absolute atomic E-state index is 0.304. The zero-order chi connectivity index (χ0) is 18.9. The van der Waals surface area contributed by atoms with E-state index in [2.05, 4.69) is 5.32 Å². The van der Waals surface area contributed by atoms with E-state index in [0.29, 0.717) is 13.2 Å². The lowest BCUT2D eigenvalue weighted by Crippen LogP contribution is -2.87. The molecular weight excluding hydrogens is 330 g/mol. The van der Waals surface area contributed by atoms with Gasteiger partial charge in [0.25, 0.3) is 0 Å². The zero-order valence-corrected chi connectivity index (χ0v) is 16.1.